The first-order valence-corrected chi connectivity index (χ1v) is 10.2. The number of fused-ring (bicyclic) bond motifs is 1. The second-order valence-corrected chi connectivity index (χ2v) is 7.43. The Morgan fingerprint density at radius 3 is 2.90 bits per heavy atom. The van der Waals surface area contributed by atoms with Gasteiger partial charge >= 0.3 is 0 Å². The van der Waals surface area contributed by atoms with Crippen molar-refractivity contribution in [1.82, 2.24) is 4.90 Å². The van der Waals surface area contributed by atoms with Gasteiger partial charge in [-0.3, -0.25) is 9.59 Å². The van der Waals surface area contributed by atoms with E-state index >= 15 is 0 Å². The van der Waals surface area contributed by atoms with Gasteiger partial charge in [-0.15, -0.1) is 0 Å². The fraction of sp³-hybridized carbons (Fsp3) is 0.391. The molecule has 0 saturated carbocycles. The van der Waals surface area contributed by atoms with Gasteiger partial charge in [-0.25, -0.2) is 0 Å². The minimum atomic E-state index is -0.0545. The van der Waals surface area contributed by atoms with Crippen molar-refractivity contribution < 1.29 is 19.1 Å². The normalized spacial score (nSPS) is 18.7. The van der Waals surface area contributed by atoms with Crippen molar-refractivity contribution in [2.45, 2.75) is 31.8 Å². The summed E-state index contributed by atoms with van der Waals surface area (Å²) in [5.74, 6) is 0.983. The molecule has 1 saturated heterocycles. The summed E-state index contributed by atoms with van der Waals surface area (Å²) in [6.45, 7) is 2.29. The van der Waals surface area contributed by atoms with E-state index in [1.165, 1.54) is 0 Å². The molecule has 2 aliphatic rings. The van der Waals surface area contributed by atoms with Crippen LogP contribution in [0.15, 0.2) is 48.5 Å². The molecule has 6 heteroatoms. The van der Waals surface area contributed by atoms with Crippen LogP contribution in [0.4, 0.5) is 5.69 Å². The van der Waals surface area contributed by atoms with Gasteiger partial charge in [-0.1, -0.05) is 30.3 Å². The Morgan fingerprint density at radius 1 is 1.17 bits per heavy atom. The lowest BCUT2D eigenvalue weighted by atomic mass is 10.0. The Bertz CT molecular complexity index is 868. The van der Waals surface area contributed by atoms with Crippen LogP contribution in [0.25, 0.3) is 0 Å². The number of rotatable bonds is 6. The highest BCUT2D eigenvalue weighted by Crippen LogP contribution is 2.27. The molecule has 1 fully saturated rings. The van der Waals surface area contributed by atoms with E-state index in [1.54, 1.807) is 0 Å². The maximum atomic E-state index is 12.6. The van der Waals surface area contributed by atoms with Gasteiger partial charge < -0.3 is 19.7 Å². The van der Waals surface area contributed by atoms with E-state index in [0.717, 1.165) is 29.0 Å². The maximum absolute atomic E-state index is 12.6. The van der Waals surface area contributed by atoms with Gasteiger partial charge in [0.2, 0.25) is 11.8 Å². The molecule has 0 radical (unpaired) electrons. The lowest BCUT2D eigenvalue weighted by Crippen LogP contribution is -2.42. The molecule has 6 nitrogen and oxygen atoms in total. The number of nitrogens with one attached hydrogen (secondary N) is 1. The molecule has 0 aliphatic carbocycles. The van der Waals surface area contributed by atoms with Crippen LogP contribution in [-0.2, 0) is 20.7 Å². The van der Waals surface area contributed by atoms with Crippen LogP contribution in [0.3, 0.4) is 0 Å². The summed E-state index contributed by atoms with van der Waals surface area (Å²) < 4.78 is 11.7. The number of ether oxygens (including phenoxy) is 2. The average molecular weight is 394 g/mol. The summed E-state index contributed by atoms with van der Waals surface area (Å²) in [5, 5.41) is 2.87. The number of carbonyl (C=O) groups is 2. The van der Waals surface area contributed by atoms with Crippen LogP contribution in [0.1, 0.15) is 36.5 Å². The van der Waals surface area contributed by atoms with Crippen LogP contribution in [-0.4, -0.2) is 43.0 Å². The number of carbonyl (C=O) groups excluding carboxylic acids is 2. The van der Waals surface area contributed by atoms with Crippen molar-refractivity contribution in [3.05, 3.63) is 59.7 Å². The molecular weight excluding hydrogens is 368 g/mol. The number of amides is 2. The first kappa shape index (κ1) is 19.5. The van der Waals surface area contributed by atoms with Crippen LogP contribution in [0.2, 0.25) is 0 Å². The Balaban J connectivity index is 1.22. The zero-order valence-electron chi connectivity index (χ0n) is 16.4. The quantitative estimate of drug-likeness (QED) is 0.763. The molecule has 0 bridgehead atoms. The molecule has 2 heterocycles. The molecule has 2 aromatic carbocycles. The second-order valence-electron chi connectivity index (χ2n) is 7.43. The average Bonchev–Trinajstić information content (AvgIpc) is 2.77. The van der Waals surface area contributed by atoms with Gasteiger partial charge in [0.05, 0.1) is 19.8 Å². The molecule has 0 aromatic heterocycles. The highest BCUT2D eigenvalue weighted by Gasteiger charge is 2.25. The van der Waals surface area contributed by atoms with E-state index in [4.69, 9.17) is 9.47 Å². The van der Waals surface area contributed by atoms with Gasteiger partial charge in [0.15, 0.2) is 0 Å². The van der Waals surface area contributed by atoms with E-state index in [1.807, 2.05) is 53.4 Å². The van der Waals surface area contributed by atoms with Gasteiger partial charge in [0, 0.05) is 25.1 Å². The number of anilines is 1. The zero-order valence-corrected chi connectivity index (χ0v) is 16.4. The molecule has 29 heavy (non-hydrogen) atoms. The van der Waals surface area contributed by atoms with Crippen LogP contribution < -0.4 is 10.1 Å². The molecule has 0 spiro atoms. The first-order chi connectivity index (χ1) is 14.2. The van der Waals surface area contributed by atoms with Gasteiger partial charge in [0.25, 0.3) is 0 Å². The van der Waals surface area contributed by atoms with Gasteiger partial charge in [-0.05, 0) is 42.2 Å². The molecule has 4 rings (SSSR count). The second kappa shape index (κ2) is 9.09. The summed E-state index contributed by atoms with van der Waals surface area (Å²) in [7, 11) is 0. The largest absolute Gasteiger partial charge is 0.494 e. The number of morpholine rings is 1. The third-order valence-corrected chi connectivity index (χ3v) is 5.37. The van der Waals surface area contributed by atoms with Crippen molar-refractivity contribution in [3.63, 3.8) is 0 Å². The smallest absolute Gasteiger partial charge is 0.224 e. The predicted molar refractivity (Wildman–Crippen MR) is 110 cm³/mol. The van der Waals surface area contributed by atoms with Gasteiger partial charge in [-0.2, -0.15) is 0 Å². The summed E-state index contributed by atoms with van der Waals surface area (Å²) >= 11 is 0. The fourth-order valence-electron chi connectivity index (χ4n) is 3.77. The summed E-state index contributed by atoms with van der Waals surface area (Å²) in [6.07, 6.45) is 2.31. The number of benzene rings is 2. The van der Waals surface area contributed by atoms with Crippen LogP contribution in [0.5, 0.6) is 5.75 Å². The van der Waals surface area contributed by atoms with E-state index in [-0.39, 0.29) is 17.9 Å². The van der Waals surface area contributed by atoms with E-state index in [9.17, 15) is 9.59 Å². The van der Waals surface area contributed by atoms with Crippen LogP contribution in [0, 0.1) is 0 Å². The Kier molecular flexibility index (Phi) is 6.10. The van der Waals surface area contributed by atoms with Gasteiger partial charge in [0.1, 0.15) is 11.9 Å². The monoisotopic (exact) mass is 394 g/mol. The Morgan fingerprint density at radius 2 is 2.03 bits per heavy atom. The molecule has 2 aromatic rings. The SMILES string of the molecule is O=C1CCc2cc(OCCCC(=O)N3CCOC(c4ccccc4)C3)ccc2N1. The van der Waals surface area contributed by atoms with E-state index in [2.05, 4.69) is 5.32 Å². The molecule has 2 aliphatic heterocycles. The van der Waals surface area contributed by atoms with Crippen LogP contribution >= 0.6 is 0 Å². The highest BCUT2D eigenvalue weighted by atomic mass is 16.5. The van der Waals surface area contributed by atoms with Crippen molar-refractivity contribution in [2.75, 3.05) is 31.6 Å². The van der Waals surface area contributed by atoms with E-state index < -0.39 is 0 Å². The number of hydrogen-bond acceptors (Lipinski definition) is 4. The molecule has 152 valence electrons. The van der Waals surface area contributed by atoms with Crippen molar-refractivity contribution >= 4 is 17.5 Å². The number of nitrogens with zero attached hydrogens (tertiary/aromatic N) is 1. The standard InChI is InChI=1S/C23H26N2O4/c26-22-11-8-18-15-19(9-10-20(18)24-22)28-13-4-7-23(27)25-12-14-29-21(16-25)17-5-2-1-3-6-17/h1-3,5-6,9-10,15,21H,4,7-8,11-14,16H2,(H,24,26). The van der Waals surface area contributed by atoms with Crippen molar-refractivity contribution in [1.29, 1.82) is 0 Å². The molecule has 1 atom stereocenters. The lowest BCUT2D eigenvalue weighted by molar-refractivity contribution is -0.139. The maximum Gasteiger partial charge on any atom is 0.224 e. The summed E-state index contributed by atoms with van der Waals surface area (Å²) in [6, 6.07) is 15.8. The van der Waals surface area contributed by atoms with Crippen molar-refractivity contribution in [3.8, 4) is 5.75 Å². The predicted octanol–water partition coefficient (Wildman–Crippen LogP) is 3.33. The van der Waals surface area contributed by atoms with E-state index in [0.29, 0.717) is 45.6 Å². The van der Waals surface area contributed by atoms with Crippen molar-refractivity contribution in [2.24, 2.45) is 0 Å². The molecular formula is C23H26N2O4. The zero-order chi connectivity index (χ0) is 20.1. The fourth-order valence-corrected chi connectivity index (χ4v) is 3.77. The Hall–Kier alpha value is -2.86. The minimum absolute atomic E-state index is 0.0545. The number of aryl methyl sites for hydroxylation is 1. The first-order valence-electron chi connectivity index (χ1n) is 10.2. The topological polar surface area (TPSA) is 67.9 Å². The molecule has 1 N–H and O–H groups in total. The number of hydrogen-bond donors (Lipinski definition) is 1. The third kappa shape index (κ3) is 4.95. The lowest BCUT2D eigenvalue weighted by Gasteiger charge is -2.33. The Labute approximate surface area is 170 Å². The minimum Gasteiger partial charge on any atom is -0.494 e. The third-order valence-electron chi connectivity index (χ3n) is 5.37. The summed E-state index contributed by atoms with van der Waals surface area (Å²) in [5.41, 5.74) is 3.07. The highest BCUT2D eigenvalue weighted by molar-refractivity contribution is 5.94. The molecule has 1 unspecified atom stereocenters. The molecule has 2 amide bonds. The summed E-state index contributed by atoms with van der Waals surface area (Å²) in [4.78, 5) is 25.9.